The van der Waals surface area contributed by atoms with Crippen LogP contribution in [0.4, 0.5) is 0 Å². The maximum absolute atomic E-state index is 13.1. The molecule has 5 N–H and O–H groups in total. The zero-order valence-corrected chi connectivity index (χ0v) is 17.9. The van der Waals surface area contributed by atoms with Gasteiger partial charge in [-0.05, 0) is 24.3 Å². The van der Waals surface area contributed by atoms with Crippen molar-refractivity contribution >= 4 is 24.1 Å². The first kappa shape index (κ1) is 25.5. The first-order chi connectivity index (χ1) is 14.1. The fraction of sp³-hybridized carbons (Fsp3) is 0.545. The summed E-state index contributed by atoms with van der Waals surface area (Å²) < 4.78 is 0. The van der Waals surface area contributed by atoms with E-state index in [-0.39, 0.29) is 12.3 Å². The molecule has 8 heteroatoms. The number of aldehydes is 1. The molecule has 166 valence electrons. The van der Waals surface area contributed by atoms with Crippen LogP contribution in [0.3, 0.4) is 0 Å². The second-order valence-electron chi connectivity index (χ2n) is 7.91. The average Bonchev–Trinajstić information content (AvgIpc) is 2.70. The summed E-state index contributed by atoms with van der Waals surface area (Å²) in [6.07, 6.45) is 2.49. The Labute approximate surface area is 177 Å². The number of benzene rings is 1. The molecular weight excluding hydrogens is 386 g/mol. The Hall–Kier alpha value is -2.58. The van der Waals surface area contributed by atoms with Crippen molar-refractivity contribution in [1.29, 1.82) is 0 Å². The molecule has 0 heterocycles. The van der Waals surface area contributed by atoms with Crippen LogP contribution in [0, 0.1) is 5.92 Å². The number of carbonyl (C=O) groups excluding carboxylic acids is 3. The quantitative estimate of drug-likeness (QED) is 0.438. The van der Waals surface area contributed by atoms with Gasteiger partial charge in [-0.15, -0.1) is 0 Å². The summed E-state index contributed by atoms with van der Waals surface area (Å²) in [4.78, 5) is 50.3. The Kier molecular flexibility index (Phi) is 10.3. The number of carbonyl (C=O) groups is 4. The number of nitrogens with two attached hydrogens (primary N) is 2. The van der Waals surface area contributed by atoms with Crippen molar-refractivity contribution in [3.05, 3.63) is 35.4 Å². The maximum atomic E-state index is 13.1. The molecule has 0 aliphatic carbocycles. The van der Waals surface area contributed by atoms with E-state index >= 15 is 0 Å². The standard InChI is InChI=1S/C22H33N3O5/c1-4-5-10-17(23)20(27)25(21(28)18(24)11-14(2)3)19(22(29)30)12-15-8-6-7-9-16(15)13-26/h6-9,13-14,17-19H,4-5,10-12,23-24H2,1-3H3,(H,29,30). The Morgan fingerprint density at radius 2 is 1.70 bits per heavy atom. The van der Waals surface area contributed by atoms with Crippen LogP contribution >= 0.6 is 0 Å². The van der Waals surface area contributed by atoms with E-state index in [4.69, 9.17) is 11.5 Å². The van der Waals surface area contributed by atoms with E-state index in [1.165, 1.54) is 0 Å². The fourth-order valence-corrected chi connectivity index (χ4v) is 3.26. The molecule has 0 bridgehead atoms. The Bertz CT molecular complexity index is 750. The summed E-state index contributed by atoms with van der Waals surface area (Å²) in [7, 11) is 0. The second-order valence-corrected chi connectivity index (χ2v) is 7.91. The number of hydrogen-bond acceptors (Lipinski definition) is 6. The van der Waals surface area contributed by atoms with Gasteiger partial charge in [0.15, 0.2) is 0 Å². The highest BCUT2D eigenvalue weighted by molar-refractivity contribution is 6.03. The van der Waals surface area contributed by atoms with Crippen LogP contribution < -0.4 is 11.5 Å². The topological polar surface area (TPSA) is 144 Å². The molecule has 1 rings (SSSR count). The van der Waals surface area contributed by atoms with Gasteiger partial charge in [0.25, 0.3) is 0 Å². The number of imide groups is 1. The van der Waals surface area contributed by atoms with Gasteiger partial charge >= 0.3 is 5.97 Å². The number of carboxylic acids is 1. The molecule has 0 spiro atoms. The van der Waals surface area contributed by atoms with Crippen molar-refractivity contribution < 1.29 is 24.3 Å². The molecule has 0 saturated heterocycles. The molecule has 2 amide bonds. The third-order valence-electron chi connectivity index (χ3n) is 4.90. The summed E-state index contributed by atoms with van der Waals surface area (Å²) in [5, 5.41) is 9.87. The van der Waals surface area contributed by atoms with E-state index in [0.717, 1.165) is 6.42 Å². The number of carboxylic acid groups (broad SMARTS) is 1. The number of nitrogens with zero attached hydrogens (tertiary/aromatic N) is 1. The van der Waals surface area contributed by atoms with Crippen molar-refractivity contribution in [2.75, 3.05) is 0 Å². The minimum atomic E-state index is -1.52. The summed E-state index contributed by atoms with van der Waals surface area (Å²) in [6, 6.07) is 2.89. The fourth-order valence-electron chi connectivity index (χ4n) is 3.26. The molecule has 0 radical (unpaired) electrons. The smallest absolute Gasteiger partial charge is 0.327 e. The lowest BCUT2D eigenvalue weighted by molar-refractivity contribution is -0.159. The molecule has 0 saturated carbocycles. The van der Waals surface area contributed by atoms with Crippen molar-refractivity contribution in [2.24, 2.45) is 17.4 Å². The summed E-state index contributed by atoms with van der Waals surface area (Å²) in [5.74, 6) is -2.81. The van der Waals surface area contributed by atoms with Gasteiger partial charge in [0.05, 0.1) is 12.1 Å². The summed E-state index contributed by atoms with van der Waals surface area (Å²) >= 11 is 0. The van der Waals surface area contributed by atoms with Gasteiger partial charge in [0.1, 0.15) is 12.3 Å². The minimum Gasteiger partial charge on any atom is -0.480 e. The molecule has 30 heavy (non-hydrogen) atoms. The maximum Gasteiger partial charge on any atom is 0.327 e. The number of unbranched alkanes of at least 4 members (excludes halogenated alkanes) is 1. The molecular formula is C22H33N3O5. The molecule has 1 aromatic rings. The molecule has 0 aliphatic heterocycles. The van der Waals surface area contributed by atoms with E-state index in [1.807, 2.05) is 20.8 Å². The van der Waals surface area contributed by atoms with E-state index in [2.05, 4.69) is 0 Å². The highest BCUT2D eigenvalue weighted by Gasteiger charge is 2.39. The van der Waals surface area contributed by atoms with Gasteiger partial charge in [-0.1, -0.05) is 57.9 Å². The van der Waals surface area contributed by atoms with E-state index in [1.54, 1.807) is 24.3 Å². The molecule has 1 aromatic carbocycles. The van der Waals surface area contributed by atoms with Gasteiger partial charge in [0, 0.05) is 12.0 Å². The molecule has 3 atom stereocenters. The Morgan fingerprint density at radius 1 is 1.10 bits per heavy atom. The lowest BCUT2D eigenvalue weighted by Gasteiger charge is -2.32. The first-order valence-electron chi connectivity index (χ1n) is 10.3. The highest BCUT2D eigenvalue weighted by atomic mass is 16.4. The van der Waals surface area contributed by atoms with Crippen LogP contribution in [0.15, 0.2) is 24.3 Å². The van der Waals surface area contributed by atoms with Gasteiger partial charge in [-0.25, -0.2) is 4.79 Å². The molecule has 8 nitrogen and oxygen atoms in total. The normalized spacial score (nSPS) is 14.1. The van der Waals surface area contributed by atoms with Gasteiger partial charge in [0.2, 0.25) is 11.8 Å². The van der Waals surface area contributed by atoms with Gasteiger partial charge in [-0.2, -0.15) is 0 Å². The van der Waals surface area contributed by atoms with Gasteiger partial charge in [-0.3, -0.25) is 19.3 Å². The van der Waals surface area contributed by atoms with Crippen molar-refractivity contribution in [2.45, 2.75) is 71.0 Å². The number of hydrogen-bond donors (Lipinski definition) is 3. The molecule has 0 aliphatic rings. The van der Waals surface area contributed by atoms with Crippen LogP contribution in [0.5, 0.6) is 0 Å². The lowest BCUT2D eigenvalue weighted by atomic mass is 9.97. The van der Waals surface area contributed by atoms with E-state index in [9.17, 15) is 24.3 Å². The predicted molar refractivity (Wildman–Crippen MR) is 114 cm³/mol. The SMILES string of the molecule is CCCCC(N)C(=O)N(C(=O)C(N)CC(C)C)C(Cc1ccccc1C=O)C(=O)O. The number of amides is 2. The first-order valence-corrected chi connectivity index (χ1v) is 10.3. The number of aliphatic carboxylic acids is 1. The zero-order chi connectivity index (χ0) is 22.8. The minimum absolute atomic E-state index is 0.0775. The summed E-state index contributed by atoms with van der Waals surface area (Å²) in [5.41, 5.74) is 12.7. The largest absolute Gasteiger partial charge is 0.480 e. The lowest BCUT2D eigenvalue weighted by Crippen LogP contribution is -2.59. The molecule has 0 fully saturated rings. The van der Waals surface area contributed by atoms with E-state index < -0.39 is 35.9 Å². The monoisotopic (exact) mass is 419 g/mol. The van der Waals surface area contributed by atoms with Crippen molar-refractivity contribution in [3.8, 4) is 0 Å². The van der Waals surface area contributed by atoms with Crippen LogP contribution in [-0.2, 0) is 20.8 Å². The Morgan fingerprint density at radius 3 is 2.23 bits per heavy atom. The average molecular weight is 420 g/mol. The molecule has 0 aromatic heterocycles. The van der Waals surface area contributed by atoms with Crippen molar-refractivity contribution in [3.63, 3.8) is 0 Å². The highest BCUT2D eigenvalue weighted by Crippen LogP contribution is 2.18. The zero-order valence-electron chi connectivity index (χ0n) is 17.9. The van der Waals surface area contributed by atoms with Crippen LogP contribution in [-0.4, -0.2) is 52.2 Å². The number of rotatable bonds is 12. The third-order valence-corrected chi connectivity index (χ3v) is 4.90. The Balaban J connectivity index is 3.35. The predicted octanol–water partition coefficient (Wildman–Crippen LogP) is 1.74. The van der Waals surface area contributed by atoms with Crippen LogP contribution in [0.25, 0.3) is 0 Å². The van der Waals surface area contributed by atoms with Crippen LogP contribution in [0.2, 0.25) is 0 Å². The van der Waals surface area contributed by atoms with Crippen molar-refractivity contribution in [1.82, 2.24) is 4.90 Å². The van der Waals surface area contributed by atoms with Gasteiger partial charge < -0.3 is 16.6 Å². The molecule has 3 unspecified atom stereocenters. The summed E-state index contributed by atoms with van der Waals surface area (Å²) in [6.45, 7) is 5.69. The second kappa shape index (κ2) is 12.2. The third kappa shape index (κ3) is 7.03. The van der Waals surface area contributed by atoms with E-state index in [0.29, 0.717) is 41.6 Å². The van der Waals surface area contributed by atoms with Crippen LogP contribution in [0.1, 0.15) is 62.4 Å².